The molecule has 0 radical (unpaired) electrons. The van der Waals surface area contributed by atoms with Crippen molar-refractivity contribution in [2.45, 2.75) is 26.1 Å². The third kappa shape index (κ3) is 4.88. The van der Waals surface area contributed by atoms with Gasteiger partial charge in [0.15, 0.2) is 6.61 Å². The molecule has 2 amide bonds. The maximum Gasteiger partial charge on any atom is 0.265 e. The Balaban J connectivity index is 1.56. The normalized spacial score (nSPS) is 24.6. The van der Waals surface area contributed by atoms with Crippen molar-refractivity contribution in [3.8, 4) is 5.75 Å². The van der Waals surface area contributed by atoms with E-state index in [1.54, 1.807) is 30.2 Å². The highest BCUT2D eigenvalue weighted by atomic mass is 32.2. The minimum absolute atomic E-state index is 0.00667. The quantitative estimate of drug-likeness (QED) is 0.566. The van der Waals surface area contributed by atoms with Crippen LogP contribution in [0.5, 0.6) is 5.75 Å². The molecule has 1 aromatic rings. The van der Waals surface area contributed by atoms with Gasteiger partial charge in [-0.1, -0.05) is 36.1 Å². The molecule has 0 N–H and O–H groups in total. The summed E-state index contributed by atoms with van der Waals surface area (Å²) in [4.78, 5) is 28.2. The van der Waals surface area contributed by atoms with Crippen LogP contribution in [0.3, 0.4) is 0 Å². The Morgan fingerprint density at radius 3 is 2.48 bits per heavy atom. The van der Waals surface area contributed by atoms with E-state index in [4.69, 9.17) is 21.7 Å². The zero-order valence-electron chi connectivity index (χ0n) is 15.5. The van der Waals surface area contributed by atoms with E-state index in [1.165, 1.54) is 16.7 Å². The fraction of sp³-hybridized carbons (Fsp3) is 0.421. The van der Waals surface area contributed by atoms with Gasteiger partial charge in [-0.3, -0.25) is 14.5 Å². The average Bonchev–Trinajstić information content (AvgIpc) is 2.87. The van der Waals surface area contributed by atoms with E-state index in [2.05, 4.69) is 0 Å². The summed E-state index contributed by atoms with van der Waals surface area (Å²) < 4.78 is 11.8. The number of benzene rings is 1. The van der Waals surface area contributed by atoms with E-state index in [9.17, 15) is 9.59 Å². The van der Waals surface area contributed by atoms with Crippen LogP contribution in [0.15, 0.2) is 29.2 Å². The third-order valence-corrected chi connectivity index (χ3v) is 5.78. The van der Waals surface area contributed by atoms with Crippen LogP contribution in [-0.4, -0.2) is 64.9 Å². The molecule has 2 heterocycles. The number of morpholine rings is 1. The summed E-state index contributed by atoms with van der Waals surface area (Å²) in [6, 6.07) is 7.27. The molecular formula is C19H22N2O4S2. The van der Waals surface area contributed by atoms with Gasteiger partial charge in [0, 0.05) is 20.1 Å². The van der Waals surface area contributed by atoms with Gasteiger partial charge in [-0.2, -0.15) is 0 Å². The summed E-state index contributed by atoms with van der Waals surface area (Å²) in [5, 5.41) is 0. The number of thiocarbonyl (C=S) groups is 1. The molecule has 2 atom stereocenters. The Morgan fingerprint density at radius 2 is 1.93 bits per heavy atom. The van der Waals surface area contributed by atoms with Crippen LogP contribution in [0.25, 0.3) is 6.08 Å². The number of carbonyl (C=O) groups is 2. The van der Waals surface area contributed by atoms with E-state index in [0.717, 1.165) is 5.56 Å². The summed E-state index contributed by atoms with van der Waals surface area (Å²) in [7, 11) is 1.67. The second kappa shape index (κ2) is 8.41. The van der Waals surface area contributed by atoms with E-state index >= 15 is 0 Å². The molecule has 0 aliphatic carbocycles. The maximum atomic E-state index is 12.3. The first-order valence-electron chi connectivity index (χ1n) is 8.71. The van der Waals surface area contributed by atoms with Crippen molar-refractivity contribution in [3.05, 3.63) is 34.7 Å². The van der Waals surface area contributed by atoms with Gasteiger partial charge in [-0.15, -0.1) is 0 Å². The molecule has 0 aromatic heterocycles. The van der Waals surface area contributed by atoms with Crippen molar-refractivity contribution >= 4 is 46.2 Å². The SMILES string of the molecule is CC1CN(C(=O)COc2ccc(/C=C3\SC(=S)N(C)C3=O)cc2)CC(C)O1. The van der Waals surface area contributed by atoms with Crippen molar-refractivity contribution < 1.29 is 19.1 Å². The lowest BCUT2D eigenvalue weighted by Crippen LogP contribution is -2.49. The first-order valence-corrected chi connectivity index (χ1v) is 9.93. The molecule has 2 aliphatic heterocycles. The number of hydrogen-bond acceptors (Lipinski definition) is 6. The Labute approximate surface area is 168 Å². The highest BCUT2D eigenvalue weighted by Gasteiger charge is 2.28. The van der Waals surface area contributed by atoms with Crippen LogP contribution >= 0.6 is 24.0 Å². The first-order chi connectivity index (χ1) is 12.8. The van der Waals surface area contributed by atoms with Gasteiger partial charge >= 0.3 is 0 Å². The second-order valence-corrected chi connectivity index (χ2v) is 8.33. The van der Waals surface area contributed by atoms with Gasteiger partial charge in [0.05, 0.1) is 17.1 Å². The molecule has 1 aromatic carbocycles. The zero-order valence-corrected chi connectivity index (χ0v) is 17.1. The molecule has 8 heteroatoms. The molecule has 27 heavy (non-hydrogen) atoms. The number of likely N-dealkylation sites (N-methyl/N-ethyl adjacent to an activating group) is 1. The van der Waals surface area contributed by atoms with E-state index in [-0.39, 0.29) is 30.6 Å². The van der Waals surface area contributed by atoms with Crippen molar-refractivity contribution in [1.29, 1.82) is 0 Å². The maximum absolute atomic E-state index is 12.3. The van der Waals surface area contributed by atoms with Crippen LogP contribution in [0.1, 0.15) is 19.4 Å². The van der Waals surface area contributed by atoms with E-state index < -0.39 is 0 Å². The standard InChI is InChI=1S/C19H22N2O4S2/c1-12-9-21(10-13(2)25-12)17(22)11-24-15-6-4-14(5-7-15)8-16-18(23)20(3)19(26)27-16/h4-8,12-13H,9-11H2,1-3H3/b16-8-. The number of thioether (sulfide) groups is 1. The van der Waals surface area contributed by atoms with Crippen LogP contribution in [0.2, 0.25) is 0 Å². The molecular weight excluding hydrogens is 384 g/mol. The fourth-order valence-electron chi connectivity index (χ4n) is 2.98. The Hall–Kier alpha value is -1.90. The van der Waals surface area contributed by atoms with Gasteiger partial charge in [0.1, 0.15) is 10.1 Å². The Morgan fingerprint density at radius 1 is 1.30 bits per heavy atom. The molecule has 3 rings (SSSR count). The third-order valence-electron chi connectivity index (χ3n) is 4.30. The molecule has 2 aliphatic rings. The molecule has 2 saturated heterocycles. The lowest BCUT2D eigenvalue weighted by molar-refractivity contribution is -0.145. The number of nitrogens with zero attached hydrogens (tertiary/aromatic N) is 2. The van der Waals surface area contributed by atoms with E-state index in [1.807, 2.05) is 26.0 Å². The van der Waals surface area contributed by atoms with Crippen LogP contribution in [0, 0.1) is 0 Å². The number of rotatable bonds is 4. The summed E-state index contributed by atoms with van der Waals surface area (Å²) >= 11 is 6.41. The smallest absolute Gasteiger partial charge is 0.265 e. The van der Waals surface area contributed by atoms with Crippen LogP contribution in [-0.2, 0) is 14.3 Å². The predicted octanol–water partition coefficient (Wildman–Crippen LogP) is 2.53. The lowest BCUT2D eigenvalue weighted by atomic mass is 10.2. The fourth-order valence-corrected chi connectivity index (χ4v) is 4.15. The van der Waals surface area contributed by atoms with Gasteiger partial charge < -0.3 is 14.4 Å². The monoisotopic (exact) mass is 406 g/mol. The molecule has 144 valence electrons. The highest BCUT2D eigenvalue weighted by molar-refractivity contribution is 8.26. The van der Waals surface area contributed by atoms with Gasteiger partial charge in [0.2, 0.25) is 0 Å². The number of amides is 2. The summed E-state index contributed by atoms with van der Waals surface area (Å²) in [6.45, 7) is 5.08. The minimum Gasteiger partial charge on any atom is -0.484 e. The predicted molar refractivity (Wildman–Crippen MR) is 109 cm³/mol. The molecule has 2 fully saturated rings. The first kappa shape index (κ1) is 19.9. The summed E-state index contributed by atoms with van der Waals surface area (Å²) in [6.07, 6.45) is 1.87. The van der Waals surface area contributed by atoms with Gasteiger partial charge in [-0.25, -0.2) is 0 Å². The topological polar surface area (TPSA) is 59.1 Å². The van der Waals surface area contributed by atoms with Crippen molar-refractivity contribution in [2.75, 3.05) is 26.7 Å². The summed E-state index contributed by atoms with van der Waals surface area (Å²) in [5.74, 6) is 0.468. The second-order valence-electron chi connectivity index (χ2n) is 6.65. The van der Waals surface area contributed by atoms with Gasteiger partial charge in [-0.05, 0) is 37.6 Å². The average molecular weight is 407 g/mol. The van der Waals surface area contributed by atoms with Crippen molar-refractivity contribution in [2.24, 2.45) is 0 Å². The molecule has 2 unspecified atom stereocenters. The van der Waals surface area contributed by atoms with Gasteiger partial charge in [0.25, 0.3) is 11.8 Å². The lowest BCUT2D eigenvalue weighted by Gasteiger charge is -2.35. The largest absolute Gasteiger partial charge is 0.484 e. The molecule has 6 nitrogen and oxygen atoms in total. The Kier molecular flexibility index (Phi) is 6.18. The van der Waals surface area contributed by atoms with E-state index in [0.29, 0.717) is 28.1 Å². The number of hydrogen-bond donors (Lipinski definition) is 0. The number of carbonyl (C=O) groups excluding carboxylic acids is 2. The van der Waals surface area contributed by atoms with Crippen LogP contribution < -0.4 is 4.74 Å². The Bertz CT molecular complexity index is 768. The minimum atomic E-state index is -0.0927. The van der Waals surface area contributed by atoms with Crippen LogP contribution in [0.4, 0.5) is 0 Å². The highest BCUT2D eigenvalue weighted by Crippen LogP contribution is 2.31. The number of ether oxygens (including phenoxy) is 2. The summed E-state index contributed by atoms with van der Waals surface area (Å²) in [5.41, 5.74) is 0.874. The van der Waals surface area contributed by atoms with Crippen molar-refractivity contribution in [1.82, 2.24) is 9.80 Å². The molecule has 0 saturated carbocycles. The zero-order chi connectivity index (χ0) is 19.6. The molecule has 0 bridgehead atoms. The van der Waals surface area contributed by atoms with Crippen molar-refractivity contribution in [3.63, 3.8) is 0 Å². The molecule has 0 spiro atoms.